The van der Waals surface area contributed by atoms with Crippen molar-refractivity contribution in [2.24, 2.45) is 11.8 Å². The number of nitrogens with zero attached hydrogens (tertiary/aromatic N) is 2. The molecule has 0 saturated heterocycles. The molecule has 2 amide bonds. The van der Waals surface area contributed by atoms with Gasteiger partial charge in [0.25, 0.3) is 5.91 Å². The predicted octanol–water partition coefficient (Wildman–Crippen LogP) is 1.94. The third-order valence-corrected chi connectivity index (χ3v) is 5.88. The highest BCUT2D eigenvalue weighted by Gasteiger charge is 2.32. The number of carboxylic acids is 1. The lowest BCUT2D eigenvalue weighted by molar-refractivity contribution is -0.143. The van der Waals surface area contributed by atoms with Crippen molar-refractivity contribution in [3.8, 4) is 0 Å². The highest BCUT2D eigenvalue weighted by Crippen LogP contribution is 2.25. The van der Waals surface area contributed by atoms with E-state index in [0.717, 1.165) is 5.70 Å². The Morgan fingerprint density at radius 3 is 2.53 bits per heavy atom. The summed E-state index contributed by atoms with van der Waals surface area (Å²) in [5.41, 5.74) is 2.08. The number of amides is 2. The van der Waals surface area contributed by atoms with E-state index < -0.39 is 29.9 Å². The maximum absolute atomic E-state index is 13.1. The summed E-state index contributed by atoms with van der Waals surface area (Å²) in [6.45, 7) is 3.42. The van der Waals surface area contributed by atoms with Crippen molar-refractivity contribution in [3.63, 3.8) is 0 Å². The van der Waals surface area contributed by atoms with Gasteiger partial charge in [-0.1, -0.05) is 56.4 Å². The summed E-state index contributed by atoms with van der Waals surface area (Å²) in [6.07, 6.45) is 11.6. The Labute approximate surface area is 197 Å². The molecule has 1 aromatic carbocycles. The van der Waals surface area contributed by atoms with Crippen molar-refractivity contribution in [2.45, 2.75) is 38.4 Å². The maximum Gasteiger partial charge on any atom is 0.326 e. The minimum absolute atomic E-state index is 0.0723. The number of para-hydroxylation sites is 2. The number of nitrogens with one attached hydrogen (secondary N) is 3. The van der Waals surface area contributed by atoms with E-state index in [9.17, 15) is 19.5 Å². The topological polar surface area (TPSA) is 133 Å². The quantitative estimate of drug-likeness (QED) is 0.472. The second kappa shape index (κ2) is 9.86. The van der Waals surface area contributed by atoms with Gasteiger partial charge in [0.2, 0.25) is 5.91 Å². The third kappa shape index (κ3) is 5.14. The molecule has 0 spiro atoms. The smallest absolute Gasteiger partial charge is 0.326 e. The number of aliphatic carboxylic acids is 1. The second-order valence-electron chi connectivity index (χ2n) is 8.75. The zero-order chi connectivity index (χ0) is 24.2. The molecule has 4 N–H and O–H groups in total. The highest BCUT2D eigenvalue weighted by molar-refractivity contribution is 5.97. The summed E-state index contributed by atoms with van der Waals surface area (Å²) in [5, 5.41) is 18.2. The number of aromatic nitrogens is 2. The monoisotopic (exact) mass is 461 g/mol. The van der Waals surface area contributed by atoms with Crippen LogP contribution in [0.2, 0.25) is 0 Å². The first kappa shape index (κ1) is 23.2. The summed E-state index contributed by atoms with van der Waals surface area (Å²) in [5.74, 6) is -2.44. The van der Waals surface area contributed by atoms with Gasteiger partial charge in [-0.25, -0.2) is 9.78 Å². The molecule has 2 heterocycles. The Balaban J connectivity index is 1.55. The van der Waals surface area contributed by atoms with E-state index in [0.29, 0.717) is 11.0 Å². The molecule has 9 nitrogen and oxygen atoms in total. The van der Waals surface area contributed by atoms with Crippen LogP contribution < -0.4 is 16.0 Å². The number of fused-ring (bicyclic) bond motifs is 2. The average molecular weight is 462 g/mol. The Bertz CT molecular complexity index is 1200. The molecular formula is C25H27N5O4. The number of carboxylic acid groups (broad SMARTS) is 1. The Morgan fingerprint density at radius 2 is 1.82 bits per heavy atom. The van der Waals surface area contributed by atoms with Gasteiger partial charge in [0, 0.05) is 18.0 Å². The summed E-state index contributed by atoms with van der Waals surface area (Å²) in [7, 11) is 0. The molecule has 0 radical (unpaired) electrons. The molecule has 1 aliphatic heterocycles. The van der Waals surface area contributed by atoms with Crippen LogP contribution in [0, 0.1) is 11.8 Å². The van der Waals surface area contributed by atoms with Gasteiger partial charge in [0.1, 0.15) is 17.8 Å². The molecule has 34 heavy (non-hydrogen) atoms. The fraction of sp³-hybridized carbons (Fsp3) is 0.320. The van der Waals surface area contributed by atoms with Crippen LogP contribution in [0.25, 0.3) is 11.0 Å². The van der Waals surface area contributed by atoms with Crippen LogP contribution in [0.15, 0.2) is 66.5 Å². The third-order valence-electron chi connectivity index (χ3n) is 5.88. The number of allylic oxidation sites excluding steroid dienone is 2. The van der Waals surface area contributed by atoms with Crippen molar-refractivity contribution in [1.82, 2.24) is 25.9 Å². The molecule has 9 heteroatoms. The number of benzene rings is 1. The summed E-state index contributed by atoms with van der Waals surface area (Å²) in [6, 6.07) is 5.17. The van der Waals surface area contributed by atoms with E-state index in [1.807, 2.05) is 30.4 Å². The average Bonchev–Trinajstić information content (AvgIpc) is 3.23. The van der Waals surface area contributed by atoms with Crippen molar-refractivity contribution in [2.75, 3.05) is 0 Å². The van der Waals surface area contributed by atoms with Crippen LogP contribution in [0.5, 0.6) is 0 Å². The Kier molecular flexibility index (Phi) is 6.72. The van der Waals surface area contributed by atoms with Crippen molar-refractivity contribution in [3.05, 3.63) is 72.2 Å². The Hall–Kier alpha value is -4.01. The number of carbonyl (C=O) groups is 3. The molecule has 4 atom stereocenters. The van der Waals surface area contributed by atoms with Gasteiger partial charge in [-0.2, -0.15) is 0 Å². The first-order valence-electron chi connectivity index (χ1n) is 11.2. The van der Waals surface area contributed by atoms with Crippen molar-refractivity contribution >= 4 is 28.8 Å². The molecule has 176 valence electrons. The number of rotatable bonds is 8. The molecule has 0 bridgehead atoms. The fourth-order valence-electron chi connectivity index (χ4n) is 4.04. The molecule has 2 aliphatic rings. The van der Waals surface area contributed by atoms with Gasteiger partial charge >= 0.3 is 5.97 Å². The lowest BCUT2D eigenvalue weighted by Crippen LogP contribution is -2.53. The standard InChI is InChI=1S/C25H27N5O4/c1-14(2)22(25(33)34)30-23(31)20(12-16-11-15-7-3-4-8-17(15)27-16)29-24(32)21-13-26-18-9-5-6-10-19(18)28-21/h3-11,13-15,17,20,22,27H,12H2,1-2H3,(H,29,32)(H,30,31)(H,33,34). The number of carbonyl (C=O) groups excluding carboxylic acids is 2. The van der Waals surface area contributed by atoms with E-state index in [4.69, 9.17) is 0 Å². The van der Waals surface area contributed by atoms with Crippen LogP contribution in [0.1, 0.15) is 30.8 Å². The SMILES string of the molecule is CC(C)C(NC(=O)C(CC1=CC2C=CC=CC2N1)NC(=O)c1cnc2ccccc2n1)C(=O)O. The Morgan fingerprint density at radius 1 is 1.09 bits per heavy atom. The largest absolute Gasteiger partial charge is 0.480 e. The van der Waals surface area contributed by atoms with Gasteiger partial charge in [0.15, 0.2) is 0 Å². The number of hydrogen-bond acceptors (Lipinski definition) is 6. The van der Waals surface area contributed by atoms with E-state index >= 15 is 0 Å². The van der Waals surface area contributed by atoms with E-state index in [1.54, 1.807) is 32.0 Å². The van der Waals surface area contributed by atoms with Crippen LogP contribution >= 0.6 is 0 Å². The minimum Gasteiger partial charge on any atom is -0.480 e. The maximum atomic E-state index is 13.1. The van der Waals surface area contributed by atoms with Gasteiger partial charge in [-0.05, 0) is 18.1 Å². The van der Waals surface area contributed by atoms with Gasteiger partial charge < -0.3 is 21.1 Å². The zero-order valence-electron chi connectivity index (χ0n) is 18.9. The molecule has 4 rings (SSSR count). The zero-order valence-corrected chi connectivity index (χ0v) is 18.9. The van der Waals surface area contributed by atoms with Crippen LogP contribution in [-0.2, 0) is 9.59 Å². The highest BCUT2D eigenvalue weighted by atomic mass is 16.4. The molecule has 0 saturated carbocycles. The van der Waals surface area contributed by atoms with Gasteiger partial charge in [-0.3, -0.25) is 14.6 Å². The van der Waals surface area contributed by atoms with Crippen molar-refractivity contribution in [1.29, 1.82) is 0 Å². The first-order chi connectivity index (χ1) is 16.3. The molecule has 4 unspecified atom stereocenters. The predicted molar refractivity (Wildman–Crippen MR) is 127 cm³/mol. The first-order valence-corrected chi connectivity index (χ1v) is 11.2. The number of hydrogen-bond donors (Lipinski definition) is 4. The minimum atomic E-state index is -1.13. The lowest BCUT2D eigenvalue weighted by Gasteiger charge is -2.24. The lowest BCUT2D eigenvalue weighted by atomic mass is 9.98. The molecular weight excluding hydrogens is 434 g/mol. The second-order valence-corrected chi connectivity index (χ2v) is 8.75. The summed E-state index contributed by atoms with van der Waals surface area (Å²) in [4.78, 5) is 46.4. The van der Waals surface area contributed by atoms with Crippen LogP contribution in [-0.4, -0.2) is 51.0 Å². The summed E-state index contributed by atoms with van der Waals surface area (Å²) < 4.78 is 0. The summed E-state index contributed by atoms with van der Waals surface area (Å²) >= 11 is 0. The van der Waals surface area contributed by atoms with Crippen molar-refractivity contribution < 1.29 is 19.5 Å². The van der Waals surface area contributed by atoms with Crippen LogP contribution in [0.4, 0.5) is 0 Å². The van der Waals surface area contributed by atoms with E-state index in [-0.39, 0.29) is 30.0 Å². The van der Waals surface area contributed by atoms with Gasteiger partial charge in [0.05, 0.1) is 23.3 Å². The van der Waals surface area contributed by atoms with E-state index in [2.05, 4.69) is 32.0 Å². The van der Waals surface area contributed by atoms with E-state index in [1.165, 1.54) is 6.20 Å². The fourth-order valence-corrected chi connectivity index (χ4v) is 4.04. The molecule has 2 aromatic rings. The molecule has 0 fully saturated rings. The normalized spacial score (nSPS) is 20.3. The van der Waals surface area contributed by atoms with Gasteiger partial charge in [-0.15, -0.1) is 0 Å². The van der Waals surface area contributed by atoms with Crippen LogP contribution in [0.3, 0.4) is 0 Å². The molecule has 1 aromatic heterocycles. The molecule has 1 aliphatic carbocycles.